The maximum atomic E-state index is 5.76. The van der Waals surface area contributed by atoms with Gasteiger partial charge in [0.05, 0.1) is 0 Å². The Labute approximate surface area is 92.6 Å². The zero-order chi connectivity index (χ0) is 10.1. The number of hydrogen-bond acceptors (Lipinski definition) is 2. The van der Waals surface area contributed by atoms with Crippen LogP contribution in [-0.4, -0.2) is 12.1 Å². The first-order valence-corrected chi connectivity index (χ1v) is 5.63. The molecular weight excluding hydrogens is 242 g/mol. The molecule has 1 aromatic carbocycles. The molecule has 2 nitrogen and oxygen atoms in total. The number of ether oxygens (including phenoxy) is 1. The third-order valence-corrected chi connectivity index (χ3v) is 3.45. The van der Waals surface area contributed by atoms with Gasteiger partial charge in [0.1, 0.15) is 11.9 Å². The highest BCUT2D eigenvalue weighted by molar-refractivity contribution is 9.10. The van der Waals surface area contributed by atoms with Crippen LogP contribution in [0.4, 0.5) is 0 Å². The predicted molar refractivity (Wildman–Crippen MR) is 60.5 cm³/mol. The number of hydrogen-bond donors (Lipinski definition) is 1. The Kier molecular flexibility index (Phi) is 2.79. The number of nitrogens with two attached hydrogens (primary N) is 1. The summed E-state index contributed by atoms with van der Waals surface area (Å²) in [7, 11) is 0. The van der Waals surface area contributed by atoms with E-state index in [1.165, 1.54) is 5.56 Å². The van der Waals surface area contributed by atoms with Gasteiger partial charge in [-0.2, -0.15) is 0 Å². The Bertz CT molecular complexity index is 334. The second kappa shape index (κ2) is 3.91. The van der Waals surface area contributed by atoms with Crippen molar-refractivity contribution in [2.24, 2.45) is 5.73 Å². The zero-order valence-corrected chi connectivity index (χ0v) is 9.75. The summed E-state index contributed by atoms with van der Waals surface area (Å²) in [6.07, 6.45) is 2.29. The number of halogens is 1. The lowest BCUT2D eigenvalue weighted by molar-refractivity contribution is 0.101. The smallest absolute Gasteiger partial charge is 0.120 e. The van der Waals surface area contributed by atoms with E-state index >= 15 is 0 Å². The third-order valence-electron chi connectivity index (χ3n) is 2.56. The molecule has 1 aliphatic carbocycles. The Hall–Kier alpha value is -0.540. The van der Waals surface area contributed by atoms with Crippen molar-refractivity contribution in [1.82, 2.24) is 0 Å². The molecule has 0 saturated heterocycles. The first kappa shape index (κ1) is 9.99. The van der Waals surface area contributed by atoms with Crippen LogP contribution in [0.2, 0.25) is 0 Å². The largest absolute Gasteiger partial charge is 0.490 e. The molecule has 0 radical (unpaired) electrons. The van der Waals surface area contributed by atoms with Gasteiger partial charge >= 0.3 is 0 Å². The van der Waals surface area contributed by atoms with Crippen LogP contribution >= 0.6 is 15.9 Å². The van der Waals surface area contributed by atoms with Crippen LogP contribution in [0.1, 0.15) is 18.4 Å². The van der Waals surface area contributed by atoms with Gasteiger partial charge < -0.3 is 10.5 Å². The summed E-state index contributed by atoms with van der Waals surface area (Å²) < 4.78 is 6.88. The first-order valence-electron chi connectivity index (χ1n) is 4.83. The fraction of sp³-hybridized carbons (Fsp3) is 0.455. The SMILES string of the molecule is Cc1cc(OC2CC(N)C2)ccc1Br. The summed E-state index contributed by atoms with van der Waals surface area (Å²) in [5, 5.41) is 0. The third kappa shape index (κ3) is 2.10. The highest BCUT2D eigenvalue weighted by atomic mass is 79.9. The van der Waals surface area contributed by atoms with Crippen molar-refractivity contribution in [3.8, 4) is 5.75 Å². The minimum atomic E-state index is 0.325. The molecule has 0 amide bonds. The molecule has 14 heavy (non-hydrogen) atoms. The average Bonchev–Trinajstić information content (AvgIpc) is 2.09. The molecule has 1 saturated carbocycles. The van der Waals surface area contributed by atoms with Crippen LogP contribution in [-0.2, 0) is 0 Å². The van der Waals surface area contributed by atoms with Gasteiger partial charge in [0, 0.05) is 10.5 Å². The van der Waals surface area contributed by atoms with Gasteiger partial charge in [-0.05, 0) is 43.5 Å². The van der Waals surface area contributed by atoms with Crippen LogP contribution in [0.3, 0.4) is 0 Å². The molecule has 2 rings (SSSR count). The normalized spacial score (nSPS) is 25.6. The van der Waals surface area contributed by atoms with Crippen LogP contribution in [0.5, 0.6) is 5.75 Å². The first-order chi connectivity index (χ1) is 6.65. The van der Waals surface area contributed by atoms with Crippen molar-refractivity contribution in [2.75, 3.05) is 0 Å². The van der Waals surface area contributed by atoms with Crippen molar-refractivity contribution in [1.29, 1.82) is 0 Å². The van der Waals surface area contributed by atoms with Crippen molar-refractivity contribution in [3.05, 3.63) is 28.2 Å². The maximum absolute atomic E-state index is 5.76. The highest BCUT2D eigenvalue weighted by Crippen LogP contribution is 2.27. The van der Waals surface area contributed by atoms with Gasteiger partial charge in [-0.3, -0.25) is 0 Å². The summed E-state index contributed by atoms with van der Waals surface area (Å²) >= 11 is 3.46. The molecule has 2 N–H and O–H groups in total. The van der Waals surface area contributed by atoms with E-state index in [0.717, 1.165) is 23.1 Å². The van der Waals surface area contributed by atoms with Gasteiger partial charge in [-0.1, -0.05) is 15.9 Å². The molecule has 0 heterocycles. The van der Waals surface area contributed by atoms with Crippen molar-refractivity contribution in [2.45, 2.75) is 31.9 Å². The van der Waals surface area contributed by atoms with Crippen molar-refractivity contribution >= 4 is 15.9 Å². The Balaban J connectivity index is 2.00. The number of benzene rings is 1. The van der Waals surface area contributed by atoms with Gasteiger partial charge in [-0.15, -0.1) is 0 Å². The standard InChI is InChI=1S/C11H14BrNO/c1-7-4-9(2-3-11(7)12)14-10-5-8(13)6-10/h2-4,8,10H,5-6,13H2,1H3. The molecule has 1 aromatic rings. The van der Waals surface area contributed by atoms with Crippen molar-refractivity contribution in [3.63, 3.8) is 0 Å². The topological polar surface area (TPSA) is 35.2 Å². The minimum Gasteiger partial charge on any atom is -0.490 e. The van der Waals surface area contributed by atoms with E-state index < -0.39 is 0 Å². The van der Waals surface area contributed by atoms with E-state index in [1.54, 1.807) is 0 Å². The van der Waals surface area contributed by atoms with E-state index in [9.17, 15) is 0 Å². The van der Waals surface area contributed by atoms with Crippen molar-refractivity contribution < 1.29 is 4.74 Å². The fourth-order valence-corrected chi connectivity index (χ4v) is 1.83. The molecule has 0 aliphatic heterocycles. The number of aryl methyl sites for hydroxylation is 1. The molecule has 0 aromatic heterocycles. The van der Waals surface area contributed by atoms with Gasteiger partial charge in [0.25, 0.3) is 0 Å². The monoisotopic (exact) mass is 255 g/mol. The number of rotatable bonds is 2. The molecule has 0 bridgehead atoms. The highest BCUT2D eigenvalue weighted by Gasteiger charge is 2.27. The molecule has 0 spiro atoms. The summed E-state index contributed by atoms with van der Waals surface area (Å²) in [5.41, 5.74) is 6.89. The predicted octanol–water partition coefficient (Wildman–Crippen LogP) is 2.63. The van der Waals surface area contributed by atoms with E-state index in [2.05, 4.69) is 22.9 Å². The zero-order valence-electron chi connectivity index (χ0n) is 8.16. The average molecular weight is 256 g/mol. The van der Waals surface area contributed by atoms with E-state index in [4.69, 9.17) is 10.5 Å². The second-order valence-electron chi connectivity index (χ2n) is 3.88. The lowest BCUT2D eigenvalue weighted by Gasteiger charge is -2.32. The molecule has 76 valence electrons. The second-order valence-corrected chi connectivity index (χ2v) is 4.74. The van der Waals surface area contributed by atoms with E-state index in [1.807, 2.05) is 18.2 Å². The Morgan fingerprint density at radius 2 is 2.14 bits per heavy atom. The fourth-order valence-electron chi connectivity index (χ4n) is 1.59. The molecule has 3 heteroatoms. The molecule has 1 fully saturated rings. The molecular formula is C11H14BrNO. The molecule has 0 atom stereocenters. The summed E-state index contributed by atoms with van der Waals surface area (Å²) in [6, 6.07) is 6.40. The maximum Gasteiger partial charge on any atom is 0.120 e. The van der Waals surface area contributed by atoms with Crippen LogP contribution in [0.15, 0.2) is 22.7 Å². The van der Waals surface area contributed by atoms with E-state index in [0.29, 0.717) is 12.1 Å². The van der Waals surface area contributed by atoms with Gasteiger partial charge in [0.15, 0.2) is 0 Å². The summed E-state index contributed by atoms with van der Waals surface area (Å²) in [5.74, 6) is 0.947. The summed E-state index contributed by atoms with van der Waals surface area (Å²) in [4.78, 5) is 0. The van der Waals surface area contributed by atoms with E-state index in [-0.39, 0.29) is 0 Å². The van der Waals surface area contributed by atoms with Crippen LogP contribution in [0, 0.1) is 6.92 Å². The Morgan fingerprint density at radius 3 is 2.71 bits per heavy atom. The quantitative estimate of drug-likeness (QED) is 0.882. The van der Waals surface area contributed by atoms with Gasteiger partial charge in [-0.25, -0.2) is 0 Å². The van der Waals surface area contributed by atoms with Gasteiger partial charge in [0.2, 0.25) is 0 Å². The lowest BCUT2D eigenvalue weighted by atomic mass is 9.90. The summed E-state index contributed by atoms with van der Waals surface area (Å²) in [6.45, 7) is 2.06. The molecule has 0 unspecified atom stereocenters. The molecule has 1 aliphatic rings. The Morgan fingerprint density at radius 1 is 1.43 bits per heavy atom. The lowest BCUT2D eigenvalue weighted by Crippen LogP contribution is -2.43. The van der Waals surface area contributed by atoms with Crippen LogP contribution < -0.4 is 10.5 Å². The van der Waals surface area contributed by atoms with Crippen LogP contribution in [0.25, 0.3) is 0 Å². The minimum absolute atomic E-state index is 0.325.